The minimum Gasteiger partial charge on any atom is -0.463 e. The van der Waals surface area contributed by atoms with Gasteiger partial charge in [-0.2, -0.15) is 79.0 Å². The molecule has 0 spiro atoms. The second-order valence-electron chi connectivity index (χ2n) is 11.3. The van der Waals surface area contributed by atoms with Crippen LogP contribution >= 0.6 is 11.6 Å². The smallest absolute Gasteiger partial charge is 0.431 e. The molecule has 0 saturated heterocycles. The van der Waals surface area contributed by atoms with E-state index in [2.05, 4.69) is 54.9 Å². The highest BCUT2D eigenvalue weighted by atomic mass is 35.5. The van der Waals surface area contributed by atoms with Crippen LogP contribution in [0, 0.1) is 0 Å². The van der Waals surface area contributed by atoms with Crippen molar-refractivity contribution in [3.63, 3.8) is 0 Å². The molecule has 410 valence electrons. The molecule has 29 heteroatoms. The first-order valence-corrected chi connectivity index (χ1v) is 17.2. The summed E-state index contributed by atoms with van der Waals surface area (Å²) in [5.74, 6) is -2.03. The molecule has 0 fully saturated rings. The molecule has 67 heavy (non-hydrogen) atoms. The van der Waals surface area contributed by atoms with Crippen LogP contribution in [0.25, 0.3) is 0 Å². The summed E-state index contributed by atoms with van der Waals surface area (Å²) in [5, 5.41) is 7.55. The summed E-state index contributed by atoms with van der Waals surface area (Å²) in [6.07, 6.45) is -42.2. The van der Waals surface area contributed by atoms with Crippen LogP contribution in [0.1, 0.15) is 96.4 Å². The van der Waals surface area contributed by atoms with E-state index in [9.17, 15) is 107 Å². The first kappa shape index (κ1) is 86.7. The molecule has 0 unspecified atom stereocenters. The number of esters is 2. The third kappa shape index (κ3) is 32.9. The molecule has 0 radical (unpaired) electrons. The number of aliphatic hydroxyl groups is 1. The Hall–Kier alpha value is -3.43. The van der Waals surface area contributed by atoms with Crippen LogP contribution in [0.5, 0.6) is 0 Å². The average Bonchev–Trinajstić information content (AvgIpc) is 3.12. The number of ether oxygens (including phenoxy) is 2. The summed E-state index contributed by atoms with van der Waals surface area (Å²) < 4.78 is 262. The molecular formula is C38H63ClF21NO6. The van der Waals surface area contributed by atoms with Gasteiger partial charge in [-0.25, -0.2) is 22.8 Å². The van der Waals surface area contributed by atoms with Crippen LogP contribution in [-0.4, -0.2) is 121 Å². The van der Waals surface area contributed by atoms with E-state index in [0.29, 0.717) is 12.2 Å². The Kier molecular flexibility index (Phi) is 48.5. The van der Waals surface area contributed by atoms with Gasteiger partial charge in [0.1, 0.15) is 0 Å². The highest BCUT2D eigenvalue weighted by Gasteiger charge is 2.73. The molecule has 0 rings (SSSR count). The number of hydrogen-bond donors (Lipinski definition) is 1. The van der Waals surface area contributed by atoms with Crippen LogP contribution in [-0.2, 0) is 23.9 Å². The van der Waals surface area contributed by atoms with Crippen LogP contribution < -0.4 is 0 Å². The van der Waals surface area contributed by atoms with Crippen molar-refractivity contribution in [2.24, 2.45) is 0 Å². The predicted octanol–water partition coefficient (Wildman–Crippen LogP) is 14.7. The van der Waals surface area contributed by atoms with E-state index in [-0.39, 0.29) is 37.1 Å². The van der Waals surface area contributed by atoms with Crippen molar-refractivity contribution in [3.8, 4) is 0 Å². The number of carbonyl (C=O) groups excluding carboxylic acids is 3. The van der Waals surface area contributed by atoms with Crippen molar-refractivity contribution in [2.75, 3.05) is 39.5 Å². The monoisotopic (exact) mass is 1060 g/mol. The van der Waals surface area contributed by atoms with E-state index < -0.39 is 130 Å². The van der Waals surface area contributed by atoms with Gasteiger partial charge in [-0.05, 0) is 56.6 Å². The van der Waals surface area contributed by atoms with Crippen molar-refractivity contribution in [2.45, 2.75) is 150 Å². The van der Waals surface area contributed by atoms with Gasteiger partial charge in [-0.1, -0.05) is 77.6 Å². The van der Waals surface area contributed by atoms with Crippen LogP contribution in [0.4, 0.5) is 92.2 Å². The number of halogens is 22. The lowest BCUT2D eigenvalue weighted by Crippen LogP contribution is -2.53. The fourth-order valence-corrected chi connectivity index (χ4v) is 3.42. The Labute approximate surface area is 382 Å². The number of allylic oxidation sites excluding steroid dienone is 1. The Morgan fingerprint density at radius 2 is 0.657 bits per heavy atom. The van der Waals surface area contributed by atoms with Crippen molar-refractivity contribution in [3.05, 3.63) is 38.0 Å². The van der Waals surface area contributed by atoms with Gasteiger partial charge in [-0.3, -0.25) is 4.79 Å². The maximum atomic E-state index is 13.0. The molecule has 0 aliphatic heterocycles. The Bertz CT molecular complexity index is 1200. The SMILES string of the molecule is C.C.C.C.C.C=CC(=O)Cl.C=CC(=O)OCCCC(F)(C(F)(F)F)C(F)(F)F.C=CC(=O)OCCCC(F)(C(F)(F)F)C(F)(F)F.CCN(CC)CC.OCCCC(F)(C(F)(F)F)C(F)(F)F. The number of rotatable bonds is 17. The lowest BCUT2D eigenvalue weighted by Gasteiger charge is -2.29. The van der Waals surface area contributed by atoms with Crippen LogP contribution in [0.15, 0.2) is 38.0 Å². The summed E-state index contributed by atoms with van der Waals surface area (Å²) in [4.78, 5) is 32.7. The Morgan fingerprint density at radius 3 is 0.776 bits per heavy atom. The van der Waals surface area contributed by atoms with Gasteiger partial charge in [-0.15, -0.1) is 0 Å². The van der Waals surface area contributed by atoms with E-state index in [1.54, 1.807) is 0 Å². The number of alkyl halides is 21. The molecule has 0 aromatic rings. The van der Waals surface area contributed by atoms with E-state index in [1.807, 2.05) is 0 Å². The predicted molar refractivity (Wildman–Crippen MR) is 213 cm³/mol. The summed E-state index contributed by atoms with van der Waals surface area (Å²) in [5.41, 5.74) is -15.8. The molecule has 0 saturated carbocycles. The zero-order valence-corrected chi connectivity index (χ0v) is 33.3. The topological polar surface area (TPSA) is 93.1 Å². The number of carbonyl (C=O) groups is 3. The molecule has 1 N–H and O–H groups in total. The zero-order chi connectivity index (χ0) is 50.8. The van der Waals surface area contributed by atoms with Gasteiger partial charge in [0, 0.05) is 38.0 Å². The molecule has 0 aromatic carbocycles. The van der Waals surface area contributed by atoms with Crippen LogP contribution in [0.3, 0.4) is 0 Å². The molecular weight excluding hydrogens is 1000 g/mol. The second kappa shape index (κ2) is 37.5. The van der Waals surface area contributed by atoms with Gasteiger partial charge < -0.3 is 19.5 Å². The Morgan fingerprint density at radius 1 is 0.463 bits per heavy atom. The van der Waals surface area contributed by atoms with E-state index in [1.165, 1.54) is 19.6 Å². The quantitative estimate of drug-likeness (QED) is 0.0510. The molecule has 0 bridgehead atoms. The molecule has 0 aliphatic rings. The minimum absolute atomic E-state index is 0. The highest BCUT2D eigenvalue weighted by molar-refractivity contribution is 6.66. The summed E-state index contributed by atoms with van der Waals surface area (Å²) in [6, 6.07) is 0. The number of hydrogen-bond acceptors (Lipinski definition) is 7. The van der Waals surface area contributed by atoms with Crippen molar-refractivity contribution >= 4 is 28.8 Å². The summed E-state index contributed by atoms with van der Waals surface area (Å²) >= 11 is 4.71. The standard InChI is InChI=1S/2C9H9F7O2.C6H7F7O.C6H15N.C3H3ClO.5CH4/c2*1-2-6(17)18-5-3-4-7(10,8(11,12)13)9(14,15)16;7-4(2-1-3-14,5(8,9)10)6(11,12)13;1-4-7(5-2)6-3;1-2-3(4)5;;;;;/h2*2H,1,3-5H2;14H,1-3H2;4-6H2,1-3H3;2H,1H2;5*1H4. The van der Waals surface area contributed by atoms with Gasteiger partial charge in [0.2, 0.25) is 5.24 Å². The van der Waals surface area contributed by atoms with E-state index >= 15 is 0 Å². The minimum atomic E-state index is -6.08. The fourth-order valence-electron chi connectivity index (χ4n) is 3.42. The van der Waals surface area contributed by atoms with E-state index in [4.69, 9.17) is 16.7 Å². The molecule has 0 amide bonds. The fraction of sp³-hybridized carbons (Fsp3) is 0.763. The number of nitrogens with zero attached hydrogens (tertiary/aromatic N) is 1. The third-order valence-corrected chi connectivity index (χ3v) is 7.18. The molecule has 0 aromatic heterocycles. The molecule has 0 atom stereocenters. The molecule has 0 aliphatic carbocycles. The summed E-state index contributed by atoms with van der Waals surface area (Å²) in [6.45, 7) is 16.7. The zero-order valence-electron chi connectivity index (χ0n) is 32.6. The van der Waals surface area contributed by atoms with Crippen molar-refractivity contribution < 1.29 is 121 Å². The van der Waals surface area contributed by atoms with Crippen molar-refractivity contribution in [1.29, 1.82) is 0 Å². The lowest BCUT2D eigenvalue weighted by molar-refractivity contribution is -0.344. The maximum absolute atomic E-state index is 13.0. The number of aliphatic hydroxyl groups excluding tert-OH is 1. The largest absolute Gasteiger partial charge is 0.463 e. The van der Waals surface area contributed by atoms with Gasteiger partial charge in [0.15, 0.2) is 0 Å². The van der Waals surface area contributed by atoms with Gasteiger partial charge in [0.05, 0.1) is 13.2 Å². The first-order valence-electron chi connectivity index (χ1n) is 16.8. The van der Waals surface area contributed by atoms with Crippen LogP contribution in [0.2, 0.25) is 0 Å². The van der Waals surface area contributed by atoms with Gasteiger partial charge >= 0.3 is 49.0 Å². The van der Waals surface area contributed by atoms with Gasteiger partial charge in [0.25, 0.3) is 17.0 Å². The summed E-state index contributed by atoms with van der Waals surface area (Å²) in [7, 11) is 0. The van der Waals surface area contributed by atoms with E-state index in [0.717, 1.165) is 6.08 Å². The second-order valence-corrected chi connectivity index (χ2v) is 11.7. The first-order chi connectivity index (χ1) is 27.6. The third-order valence-electron chi connectivity index (χ3n) is 7.03. The maximum Gasteiger partial charge on any atom is 0.431 e. The highest BCUT2D eigenvalue weighted by Crippen LogP contribution is 2.51. The lowest BCUT2D eigenvalue weighted by atomic mass is 9.98. The normalized spacial score (nSPS) is 11.7. The van der Waals surface area contributed by atoms with Crippen molar-refractivity contribution in [1.82, 2.24) is 4.90 Å². The molecule has 7 nitrogen and oxygen atoms in total. The average molecular weight is 1060 g/mol. The Balaban J connectivity index is -0.0000000786. The molecule has 0 heterocycles.